The van der Waals surface area contributed by atoms with Gasteiger partial charge in [-0.2, -0.15) is 0 Å². The van der Waals surface area contributed by atoms with Gasteiger partial charge in [0.2, 0.25) is 0 Å². The van der Waals surface area contributed by atoms with Crippen molar-refractivity contribution in [1.82, 2.24) is 4.90 Å². The van der Waals surface area contributed by atoms with E-state index in [2.05, 4.69) is 11.0 Å². The Kier molecular flexibility index (Phi) is 4.93. The van der Waals surface area contributed by atoms with Crippen molar-refractivity contribution in [3.05, 3.63) is 35.4 Å². The van der Waals surface area contributed by atoms with E-state index in [1.165, 1.54) is 5.57 Å². The molecule has 0 fully saturated rings. The lowest BCUT2D eigenvalue weighted by atomic mass is 9.98. The van der Waals surface area contributed by atoms with Gasteiger partial charge in [-0.25, -0.2) is 0 Å². The molecule has 0 amide bonds. The molecule has 4 nitrogen and oxygen atoms in total. The molecule has 20 heavy (non-hydrogen) atoms. The van der Waals surface area contributed by atoms with E-state index in [1.54, 1.807) is 13.2 Å². The van der Waals surface area contributed by atoms with Crippen molar-refractivity contribution in [2.75, 3.05) is 26.7 Å². The zero-order chi connectivity index (χ0) is 14.5. The molecule has 1 aliphatic rings. The summed E-state index contributed by atoms with van der Waals surface area (Å²) in [5.74, 6) is 0.616. The molecule has 1 heterocycles. The van der Waals surface area contributed by atoms with E-state index in [0.29, 0.717) is 17.9 Å². The van der Waals surface area contributed by atoms with E-state index in [9.17, 15) is 9.90 Å². The van der Waals surface area contributed by atoms with Crippen LogP contribution in [0.4, 0.5) is 0 Å². The highest BCUT2D eigenvalue weighted by molar-refractivity contribution is 5.81. The number of nitrogens with zero attached hydrogens (tertiary/aromatic N) is 1. The number of rotatable bonds is 5. The number of aliphatic hydroxyl groups excluding tert-OH is 1. The summed E-state index contributed by atoms with van der Waals surface area (Å²) < 4.78 is 5.24. The average molecular weight is 275 g/mol. The average Bonchev–Trinajstić information content (AvgIpc) is 2.46. The molecule has 0 bridgehead atoms. The van der Waals surface area contributed by atoms with Gasteiger partial charge in [0, 0.05) is 19.6 Å². The molecule has 108 valence electrons. The molecule has 4 heteroatoms. The highest BCUT2D eigenvalue weighted by atomic mass is 16.5. The molecule has 0 saturated heterocycles. The van der Waals surface area contributed by atoms with E-state index in [0.717, 1.165) is 31.4 Å². The van der Waals surface area contributed by atoms with Gasteiger partial charge < -0.3 is 9.84 Å². The topological polar surface area (TPSA) is 49.8 Å². The van der Waals surface area contributed by atoms with E-state index in [-0.39, 0.29) is 6.10 Å². The summed E-state index contributed by atoms with van der Waals surface area (Å²) in [5.41, 5.74) is 2.94. The Balaban J connectivity index is 2.13. The maximum Gasteiger partial charge on any atom is 0.153 e. The third-order valence-electron chi connectivity index (χ3n) is 3.55. The van der Waals surface area contributed by atoms with Crippen molar-refractivity contribution in [3.8, 4) is 5.75 Å². The highest BCUT2D eigenvalue weighted by Crippen LogP contribution is 2.27. The van der Waals surface area contributed by atoms with E-state index >= 15 is 0 Å². The second kappa shape index (κ2) is 6.68. The van der Waals surface area contributed by atoms with Crippen LogP contribution in [0.15, 0.2) is 24.3 Å². The van der Waals surface area contributed by atoms with Crippen LogP contribution in [0.25, 0.3) is 5.57 Å². The summed E-state index contributed by atoms with van der Waals surface area (Å²) in [6.45, 7) is 4.30. The molecule has 1 aromatic carbocycles. The summed E-state index contributed by atoms with van der Waals surface area (Å²) in [7, 11) is 1.58. The highest BCUT2D eigenvalue weighted by Gasteiger charge is 2.15. The molecule has 0 aromatic heterocycles. The summed E-state index contributed by atoms with van der Waals surface area (Å²) in [6.07, 6.45) is 3.64. The van der Waals surface area contributed by atoms with Gasteiger partial charge in [0.25, 0.3) is 0 Å². The molecular formula is C16H21NO3. The van der Waals surface area contributed by atoms with Crippen molar-refractivity contribution in [3.63, 3.8) is 0 Å². The fraction of sp³-hybridized carbons (Fsp3) is 0.438. The van der Waals surface area contributed by atoms with Crippen LogP contribution in [0.1, 0.15) is 29.3 Å². The van der Waals surface area contributed by atoms with Gasteiger partial charge in [0.15, 0.2) is 6.29 Å². The van der Waals surface area contributed by atoms with Gasteiger partial charge in [-0.15, -0.1) is 0 Å². The summed E-state index contributed by atoms with van der Waals surface area (Å²) in [6, 6.07) is 5.67. The summed E-state index contributed by atoms with van der Waals surface area (Å²) in [4.78, 5) is 13.1. The number of aldehydes is 1. The lowest BCUT2D eigenvalue weighted by Gasteiger charge is -2.27. The summed E-state index contributed by atoms with van der Waals surface area (Å²) in [5, 5.41) is 9.40. The van der Waals surface area contributed by atoms with Crippen LogP contribution in [0.2, 0.25) is 0 Å². The van der Waals surface area contributed by atoms with Crippen LogP contribution in [0.5, 0.6) is 5.75 Å². The van der Waals surface area contributed by atoms with Crippen molar-refractivity contribution in [2.45, 2.75) is 19.4 Å². The third kappa shape index (κ3) is 3.46. The van der Waals surface area contributed by atoms with Crippen molar-refractivity contribution in [1.29, 1.82) is 0 Å². The van der Waals surface area contributed by atoms with Gasteiger partial charge in [-0.1, -0.05) is 12.1 Å². The van der Waals surface area contributed by atoms with Gasteiger partial charge >= 0.3 is 0 Å². The lowest BCUT2D eigenvalue weighted by molar-refractivity contribution is 0.112. The van der Waals surface area contributed by atoms with E-state index in [4.69, 9.17) is 4.74 Å². The van der Waals surface area contributed by atoms with Gasteiger partial charge in [0.05, 0.1) is 18.8 Å². The molecular weight excluding hydrogens is 254 g/mol. The monoisotopic (exact) mass is 275 g/mol. The Morgan fingerprint density at radius 2 is 2.30 bits per heavy atom. The second-order valence-electron chi connectivity index (χ2n) is 5.16. The number of β-amino-alcohol motifs (C(OH)–C–C–N with tert-alkyl or cyclic N) is 1. The first-order valence-electron chi connectivity index (χ1n) is 6.87. The standard InChI is InChI=1S/C16H21NO3/c1-12(19)10-17-7-5-13(6-8-17)14-3-4-15(11-18)16(9-14)20-2/h3-5,9,11-12,19H,6-8,10H2,1-2H3/t12-/m0/s1. The fourth-order valence-corrected chi connectivity index (χ4v) is 2.52. The first-order valence-corrected chi connectivity index (χ1v) is 6.87. The van der Waals surface area contributed by atoms with E-state index in [1.807, 2.05) is 19.1 Å². The SMILES string of the molecule is COc1cc(C2=CCN(C[C@H](C)O)CC2)ccc1C=O. The Morgan fingerprint density at radius 3 is 2.85 bits per heavy atom. The van der Waals surface area contributed by atoms with Gasteiger partial charge in [-0.05, 0) is 36.6 Å². The Morgan fingerprint density at radius 1 is 1.50 bits per heavy atom. The fourth-order valence-electron chi connectivity index (χ4n) is 2.52. The van der Waals surface area contributed by atoms with Crippen LogP contribution in [-0.4, -0.2) is 49.1 Å². The van der Waals surface area contributed by atoms with Gasteiger partial charge in [0.1, 0.15) is 5.75 Å². The largest absolute Gasteiger partial charge is 0.496 e. The number of ether oxygens (including phenoxy) is 1. The second-order valence-corrected chi connectivity index (χ2v) is 5.16. The number of hydrogen-bond acceptors (Lipinski definition) is 4. The van der Waals surface area contributed by atoms with Crippen LogP contribution in [-0.2, 0) is 0 Å². The number of carbonyl (C=O) groups is 1. The minimum atomic E-state index is -0.295. The number of methoxy groups -OCH3 is 1. The zero-order valence-corrected chi connectivity index (χ0v) is 12.0. The molecule has 0 unspecified atom stereocenters. The molecule has 0 radical (unpaired) electrons. The van der Waals surface area contributed by atoms with E-state index < -0.39 is 0 Å². The first-order chi connectivity index (χ1) is 9.63. The quantitative estimate of drug-likeness (QED) is 0.835. The molecule has 1 atom stereocenters. The maximum atomic E-state index is 10.9. The van der Waals surface area contributed by atoms with Gasteiger partial charge in [-0.3, -0.25) is 9.69 Å². The molecule has 0 aliphatic carbocycles. The molecule has 0 saturated carbocycles. The number of aliphatic hydroxyl groups is 1. The molecule has 1 aliphatic heterocycles. The Labute approximate surface area is 119 Å². The maximum absolute atomic E-state index is 10.9. The number of hydrogen-bond donors (Lipinski definition) is 1. The predicted octanol–water partition coefficient (Wildman–Crippen LogP) is 1.98. The molecule has 2 rings (SSSR count). The summed E-state index contributed by atoms with van der Waals surface area (Å²) >= 11 is 0. The van der Waals surface area contributed by atoms with Crippen LogP contribution in [0, 0.1) is 0 Å². The van der Waals surface area contributed by atoms with Crippen LogP contribution < -0.4 is 4.74 Å². The van der Waals surface area contributed by atoms with Crippen molar-refractivity contribution in [2.24, 2.45) is 0 Å². The Hall–Kier alpha value is -1.65. The predicted molar refractivity (Wildman–Crippen MR) is 79.1 cm³/mol. The first kappa shape index (κ1) is 14.8. The minimum absolute atomic E-state index is 0.295. The van der Waals surface area contributed by atoms with Crippen LogP contribution >= 0.6 is 0 Å². The molecule has 1 N–H and O–H groups in total. The van der Waals surface area contributed by atoms with Crippen molar-refractivity contribution < 1.29 is 14.6 Å². The molecule has 1 aromatic rings. The van der Waals surface area contributed by atoms with Crippen molar-refractivity contribution >= 4 is 11.9 Å². The Bertz CT molecular complexity index is 508. The smallest absolute Gasteiger partial charge is 0.153 e. The third-order valence-corrected chi connectivity index (χ3v) is 3.55. The van der Waals surface area contributed by atoms with Crippen LogP contribution in [0.3, 0.4) is 0 Å². The molecule has 0 spiro atoms. The number of carbonyl (C=O) groups excluding carboxylic acids is 1. The lowest BCUT2D eigenvalue weighted by Crippen LogP contribution is -2.34. The minimum Gasteiger partial charge on any atom is -0.496 e. The zero-order valence-electron chi connectivity index (χ0n) is 12.0. The normalized spacial score (nSPS) is 17.4. The number of benzene rings is 1.